The molecule has 2 aromatic heterocycles. The number of aromatic nitrogens is 2. The second-order valence-corrected chi connectivity index (χ2v) is 9.23. The van der Waals surface area contributed by atoms with Crippen molar-refractivity contribution in [3.05, 3.63) is 23.5 Å². The van der Waals surface area contributed by atoms with Gasteiger partial charge in [0, 0.05) is 44.5 Å². The summed E-state index contributed by atoms with van der Waals surface area (Å²) in [5.74, 6) is 0.623. The lowest BCUT2D eigenvalue weighted by Gasteiger charge is -2.31. The molecule has 2 aromatic rings. The van der Waals surface area contributed by atoms with Gasteiger partial charge in [-0.3, -0.25) is 9.39 Å². The predicted molar refractivity (Wildman–Crippen MR) is 101 cm³/mol. The van der Waals surface area contributed by atoms with Crippen LogP contribution in [0, 0.1) is 5.92 Å². The molecule has 0 bridgehead atoms. The zero-order valence-electron chi connectivity index (χ0n) is 15.1. The van der Waals surface area contributed by atoms with E-state index in [0.717, 1.165) is 10.7 Å². The molecule has 1 fully saturated rings. The van der Waals surface area contributed by atoms with Crippen molar-refractivity contribution in [3.8, 4) is 0 Å². The highest BCUT2D eigenvalue weighted by molar-refractivity contribution is 7.90. The molecule has 3 rings (SSSR count). The number of hydrogen-bond acceptors (Lipinski definition) is 5. The molecule has 0 amide bonds. The van der Waals surface area contributed by atoms with Crippen LogP contribution in [0.2, 0.25) is 0 Å². The molecule has 0 aliphatic carbocycles. The van der Waals surface area contributed by atoms with Crippen molar-refractivity contribution in [2.45, 2.75) is 24.9 Å². The molecule has 3 heterocycles. The van der Waals surface area contributed by atoms with E-state index in [2.05, 4.69) is 20.6 Å². The molecule has 1 aliphatic heterocycles. The lowest BCUT2D eigenvalue weighted by atomic mass is 9.98. The fourth-order valence-corrected chi connectivity index (χ4v) is 4.70. The molecule has 1 aliphatic rings. The number of aliphatic imine (C=N–C) groups is 1. The van der Waals surface area contributed by atoms with Crippen LogP contribution in [-0.2, 0) is 16.6 Å². The van der Waals surface area contributed by atoms with Crippen LogP contribution in [0.25, 0.3) is 4.96 Å². The van der Waals surface area contributed by atoms with Gasteiger partial charge in [-0.05, 0) is 18.8 Å². The van der Waals surface area contributed by atoms with E-state index in [0.29, 0.717) is 36.2 Å². The Morgan fingerprint density at radius 2 is 2.07 bits per heavy atom. The number of alkyl halides is 3. The van der Waals surface area contributed by atoms with Crippen LogP contribution < -0.4 is 10.6 Å². The Hall–Kier alpha value is -1.86. The summed E-state index contributed by atoms with van der Waals surface area (Å²) in [7, 11) is -3.61. The van der Waals surface area contributed by atoms with E-state index in [9.17, 15) is 21.6 Å². The van der Waals surface area contributed by atoms with Crippen LogP contribution in [0.5, 0.6) is 0 Å². The summed E-state index contributed by atoms with van der Waals surface area (Å²) in [6.07, 6.45) is 4.56. The molecule has 0 radical (unpaired) electrons. The third-order valence-corrected chi connectivity index (χ3v) is 6.97. The molecular weight excluding hydrogens is 417 g/mol. The summed E-state index contributed by atoms with van der Waals surface area (Å²) in [5, 5.41) is 8.23. The average molecular weight is 439 g/mol. The lowest BCUT2D eigenvalue weighted by Crippen LogP contribution is -2.47. The van der Waals surface area contributed by atoms with Gasteiger partial charge in [0.15, 0.2) is 10.9 Å². The molecule has 8 nitrogen and oxygen atoms in total. The van der Waals surface area contributed by atoms with Gasteiger partial charge in [-0.15, -0.1) is 11.3 Å². The number of hydrogen-bond donors (Lipinski definition) is 2. The number of nitrogens with one attached hydrogen (secondary N) is 2. The molecule has 28 heavy (non-hydrogen) atoms. The fraction of sp³-hybridized carbons (Fsp3) is 0.600. The monoisotopic (exact) mass is 438 g/mol. The quantitative estimate of drug-likeness (QED) is 0.547. The number of piperidine rings is 1. The van der Waals surface area contributed by atoms with Crippen LogP contribution in [-0.4, -0.2) is 60.3 Å². The van der Waals surface area contributed by atoms with Crippen molar-refractivity contribution in [2.75, 3.05) is 26.7 Å². The molecule has 2 N–H and O–H groups in total. The molecule has 0 unspecified atom stereocenters. The number of halogens is 3. The molecule has 0 atom stereocenters. The van der Waals surface area contributed by atoms with E-state index in [1.54, 1.807) is 18.4 Å². The summed E-state index contributed by atoms with van der Waals surface area (Å²) in [4.78, 5) is 9.49. The van der Waals surface area contributed by atoms with Crippen LogP contribution >= 0.6 is 11.3 Å². The topological polar surface area (TPSA) is 91.1 Å². The van der Waals surface area contributed by atoms with Gasteiger partial charge in [-0.25, -0.2) is 13.4 Å². The highest BCUT2D eigenvalue weighted by Gasteiger charge is 2.50. The first kappa shape index (κ1) is 20.9. The third kappa shape index (κ3) is 4.58. The van der Waals surface area contributed by atoms with Gasteiger partial charge >= 0.3 is 15.5 Å². The van der Waals surface area contributed by atoms with Gasteiger partial charge in [0.1, 0.15) is 0 Å². The van der Waals surface area contributed by atoms with E-state index < -0.39 is 15.5 Å². The predicted octanol–water partition coefficient (Wildman–Crippen LogP) is 1.62. The summed E-state index contributed by atoms with van der Waals surface area (Å²) in [6.45, 7) is 0.714. The summed E-state index contributed by atoms with van der Waals surface area (Å²) >= 11 is 1.54. The first-order valence-electron chi connectivity index (χ1n) is 8.62. The third-order valence-electron chi connectivity index (χ3n) is 4.57. The second kappa shape index (κ2) is 8.25. The number of thiazole rings is 1. The SMILES string of the molecule is CN=C(NCc1cn2ccsc2n1)NCC1CCN(S(=O)(=O)C(F)(F)F)CC1. The van der Waals surface area contributed by atoms with E-state index in [4.69, 9.17) is 0 Å². The zero-order valence-corrected chi connectivity index (χ0v) is 16.7. The van der Waals surface area contributed by atoms with Crippen molar-refractivity contribution in [2.24, 2.45) is 10.9 Å². The molecule has 1 saturated heterocycles. The van der Waals surface area contributed by atoms with Crippen molar-refractivity contribution in [1.82, 2.24) is 24.3 Å². The molecule has 0 aromatic carbocycles. The molecule has 156 valence electrons. The Labute approximate surface area is 164 Å². The highest BCUT2D eigenvalue weighted by Crippen LogP contribution is 2.30. The van der Waals surface area contributed by atoms with Gasteiger partial charge < -0.3 is 10.6 Å². The molecule has 0 spiro atoms. The standard InChI is InChI=1S/C15H21F3N6O2S2/c1-19-13(21-9-12-10-23-6-7-27-14(23)22-12)20-8-11-2-4-24(5-3-11)28(25,26)15(16,17)18/h6-7,10-11H,2-5,8-9H2,1H3,(H2,19,20,21). The van der Waals surface area contributed by atoms with Crippen LogP contribution in [0.3, 0.4) is 0 Å². The Morgan fingerprint density at radius 1 is 1.36 bits per heavy atom. The van der Waals surface area contributed by atoms with E-state index in [1.165, 1.54) is 0 Å². The maximum absolute atomic E-state index is 12.6. The van der Waals surface area contributed by atoms with E-state index in [-0.39, 0.29) is 19.0 Å². The Balaban J connectivity index is 1.44. The van der Waals surface area contributed by atoms with Crippen molar-refractivity contribution in [3.63, 3.8) is 0 Å². The van der Waals surface area contributed by atoms with Crippen molar-refractivity contribution in [1.29, 1.82) is 0 Å². The van der Waals surface area contributed by atoms with E-state index in [1.807, 2.05) is 22.2 Å². The van der Waals surface area contributed by atoms with Gasteiger partial charge in [-0.1, -0.05) is 0 Å². The minimum absolute atomic E-state index is 0.0659. The fourth-order valence-electron chi connectivity index (χ4n) is 3.00. The van der Waals surface area contributed by atoms with Crippen LogP contribution in [0.1, 0.15) is 18.5 Å². The number of sulfonamides is 1. The zero-order chi connectivity index (χ0) is 20.4. The molecule has 0 saturated carbocycles. The summed E-state index contributed by atoms with van der Waals surface area (Å²) in [6, 6.07) is 0. The first-order valence-corrected chi connectivity index (χ1v) is 10.9. The highest BCUT2D eigenvalue weighted by atomic mass is 32.2. The molecule has 13 heteroatoms. The van der Waals surface area contributed by atoms with Gasteiger partial charge in [0.05, 0.1) is 12.2 Å². The van der Waals surface area contributed by atoms with Gasteiger partial charge in [0.2, 0.25) is 0 Å². The molecular formula is C15H21F3N6O2S2. The number of guanidine groups is 1. The second-order valence-electron chi connectivity index (χ2n) is 6.42. The summed E-state index contributed by atoms with van der Waals surface area (Å²) in [5.41, 5.74) is -4.38. The number of fused-ring (bicyclic) bond motifs is 1. The Morgan fingerprint density at radius 3 is 2.68 bits per heavy atom. The van der Waals surface area contributed by atoms with Crippen LogP contribution in [0.15, 0.2) is 22.8 Å². The lowest BCUT2D eigenvalue weighted by molar-refractivity contribution is -0.0496. The first-order chi connectivity index (χ1) is 13.2. The number of nitrogens with zero attached hydrogens (tertiary/aromatic N) is 4. The number of imidazole rings is 1. The van der Waals surface area contributed by atoms with Crippen molar-refractivity contribution < 1.29 is 21.6 Å². The Kier molecular flexibility index (Phi) is 6.15. The maximum atomic E-state index is 12.6. The van der Waals surface area contributed by atoms with E-state index >= 15 is 0 Å². The number of rotatable bonds is 5. The average Bonchev–Trinajstić information content (AvgIpc) is 3.23. The van der Waals surface area contributed by atoms with Crippen molar-refractivity contribution >= 4 is 32.3 Å². The minimum atomic E-state index is -5.24. The normalized spacial score (nSPS) is 17.9. The Bertz CT molecular complexity index is 901. The maximum Gasteiger partial charge on any atom is 0.511 e. The van der Waals surface area contributed by atoms with Gasteiger partial charge in [-0.2, -0.15) is 17.5 Å². The van der Waals surface area contributed by atoms with Gasteiger partial charge in [0.25, 0.3) is 0 Å². The largest absolute Gasteiger partial charge is 0.511 e. The summed E-state index contributed by atoms with van der Waals surface area (Å²) < 4.78 is 63.2. The van der Waals surface area contributed by atoms with Crippen LogP contribution in [0.4, 0.5) is 13.2 Å². The minimum Gasteiger partial charge on any atom is -0.356 e. The smallest absolute Gasteiger partial charge is 0.356 e.